The Morgan fingerprint density at radius 1 is 1.10 bits per heavy atom. The minimum Gasteiger partial charge on any atom is -0.354 e. The second-order valence-electron chi connectivity index (χ2n) is 7.80. The van der Waals surface area contributed by atoms with Gasteiger partial charge in [-0.1, -0.05) is 0 Å². The Balaban J connectivity index is 1.28. The van der Waals surface area contributed by atoms with Gasteiger partial charge < -0.3 is 4.90 Å². The molecule has 9 heteroatoms. The van der Waals surface area contributed by atoms with Crippen LogP contribution in [0.25, 0.3) is 5.82 Å². The summed E-state index contributed by atoms with van der Waals surface area (Å²) in [4.78, 5) is 14.5. The van der Waals surface area contributed by atoms with Crippen molar-refractivity contribution < 1.29 is 0 Å². The van der Waals surface area contributed by atoms with Crippen LogP contribution < -0.4 is 10.5 Å². The Bertz CT molecular complexity index is 1120. The van der Waals surface area contributed by atoms with E-state index in [2.05, 4.69) is 31.4 Å². The van der Waals surface area contributed by atoms with E-state index in [1.165, 1.54) is 5.56 Å². The number of anilines is 1. The van der Waals surface area contributed by atoms with Gasteiger partial charge in [-0.05, 0) is 43.4 Å². The van der Waals surface area contributed by atoms with Gasteiger partial charge in [0.25, 0.3) is 5.56 Å². The lowest BCUT2D eigenvalue weighted by molar-refractivity contribution is 0.331. The fraction of sp³-hybridized carbons (Fsp3) is 0.450. The van der Waals surface area contributed by atoms with E-state index in [0.717, 1.165) is 53.9 Å². The molecule has 0 bridgehead atoms. The van der Waals surface area contributed by atoms with E-state index in [1.54, 1.807) is 21.5 Å². The number of thioether (sulfide) groups is 1. The molecule has 0 amide bonds. The predicted molar refractivity (Wildman–Crippen MR) is 113 cm³/mol. The molecule has 5 heterocycles. The number of hydrogen-bond donors (Lipinski definition) is 0. The Hall–Kier alpha value is -2.68. The topological polar surface area (TPSA) is 81.7 Å². The summed E-state index contributed by atoms with van der Waals surface area (Å²) in [6, 6.07) is 7.48. The Morgan fingerprint density at radius 3 is 2.76 bits per heavy atom. The second-order valence-corrected chi connectivity index (χ2v) is 8.90. The Labute approximate surface area is 172 Å². The highest BCUT2D eigenvalue weighted by Crippen LogP contribution is 2.28. The minimum absolute atomic E-state index is 0.0840. The summed E-state index contributed by atoms with van der Waals surface area (Å²) in [6.07, 6.45) is 1.01. The lowest BCUT2D eigenvalue weighted by atomic mass is 10.00. The molecule has 3 aromatic heterocycles. The Morgan fingerprint density at radius 2 is 1.97 bits per heavy atom. The molecule has 29 heavy (non-hydrogen) atoms. The molecule has 0 unspecified atom stereocenters. The van der Waals surface area contributed by atoms with Crippen LogP contribution in [0, 0.1) is 19.8 Å². The average molecular weight is 410 g/mol. The highest BCUT2D eigenvalue weighted by Gasteiger charge is 2.29. The minimum atomic E-state index is -0.0840. The number of nitrogens with zero attached hydrogens (tertiary/aromatic N) is 7. The summed E-state index contributed by atoms with van der Waals surface area (Å²) in [5.74, 6) is 4.13. The fourth-order valence-corrected chi connectivity index (χ4v) is 4.90. The molecular weight excluding hydrogens is 386 g/mol. The van der Waals surface area contributed by atoms with Crippen LogP contribution in [-0.4, -0.2) is 48.6 Å². The highest BCUT2D eigenvalue weighted by molar-refractivity contribution is 7.98. The molecule has 8 nitrogen and oxygen atoms in total. The summed E-state index contributed by atoms with van der Waals surface area (Å²) in [5, 5.41) is 17.8. The summed E-state index contributed by atoms with van der Waals surface area (Å²) in [6.45, 7) is 6.25. The van der Waals surface area contributed by atoms with Gasteiger partial charge in [0.15, 0.2) is 11.6 Å². The molecule has 1 fully saturated rings. The number of hydrogen-bond acceptors (Lipinski definition) is 7. The first kappa shape index (κ1) is 18.4. The van der Waals surface area contributed by atoms with Crippen molar-refractivity contribution in [1.82, 2.24) is 29.8 Å². The molecule has 2 aliphatic rings. The van der Waals surface area contributed by atoms with Crippen LogP contribution in [-0.2, 0) is 18.7 Å². The van der Waals surface area contributed by atoms with Crippen LogP contribution in [0.2, 0.25) is 0 Å². The molecule has 0 N–H and O–H groups in total. The largest absolute Gasteiger partial charge is 0.354 e. The summed E-state index contributed by atoms with van der Waals surface area (Å²) in [5.41, 5.74) is 4.30. The van der Waals surface area contributed by atoms with Crippen LogP contribution >= 0.6 is 11.8 Å². The summed E-state index contributed by atoms with van der Waals surface area (Å²) < 4.78 is 3.34. The third-order valence-electron chi connectivity index (χ3n) is 5.48. The molecule has 0 atom stereocenters. The lowest BCUT2D eigenvalue weighted by Gasteiger charge is -2.40. The van der Waals surface area contributed by atoms with Crippen molar-refractivity contribution in [3.63, 3.8) is 0 Å². The zero-order valence-electron chi connectivity index (χ0n) is 16.6. The van der Waals surface area contributed by atoms with E-state index in [1.807, 2.05) is 31.7 Å². The van der Waals surface area contributed by atoms with Gasteiger partial charge in [-0.3, -0.25) is 4.79 Å². The van der Waals surface area contributed by atoms with Crippen molar-refractivity contribution in [3.8, 4) is 5.82 Å². The van der Waals surface area contributed by atoms with Crippen LogP contribution in [0.5, 0.6) is 0 Å². The first-order valence-corrected chi connectivity index (χ1v) is 11.0. The van der Waals surface area contributed by atoms with E-state index in [9.17, 15) is 4.79 Å². The van der Waals surface area contributed by atoms with Gasteiger partial charge in [-0.15, -0.1) is 10.2 Å². The molecule has 150 valence electrons. The first-order valence-electron chi connectivity index (χ1n) is 9.87. The standard InChI is InChI=1S/C20H23N7OS/c1-13-7-14(2)27(23-13)18-3-4-20(28)26(24-18)11-15-9-25(10-15)19-8-16-12-29-6-5-17(16)21-22-19/h3-4,7-8,15H,5-6,9-12H2,1-2H3. The van der Waals surface area contributed by atoms with Gasteiger partial charge in [0.1, 0.15) is 0 Å². The van der Waals surface area contributed by atoms with Gasteiger partial charge in [0.2, 0.25) is 0 Å². The van der Waals surface area contributed by atoms with Crippen molar-refractivity contribution >= 4 is 17.6 Å². The van der Waals surface area contributed by atoms with E-state index in [4.69, 9.17) is 0 Å². The van der Waals surface area contributed by atoms with Crippen LogP contribution in [0.3, 0.4) is 0 Å². The number of aromatic nitrogens is 6. The van der Waals surface area contributed by atoms with E-state index < -0.39 is 0 Å². The maximum Gasteiger partial charge on any atom is 0.266 e. The van der Waals surface area contributed by atoms with E-state index in [0.29, 0.717) is 18.3 Å². The predicted octanol–water partition coefficient (Wildman–Crippen LogP) is 1.76. The third-order valence-corrected chi connectivity index (χ3v) is 6.49. The van der Waals surface area contributed by atoms with Crippen molar-refractivity contribution in [1.29, 1.82) is 0 Å². The second kappa shape index (κ2) is 7.29. The first-order chi connectivity index (χ1) is 14.1. The molecular formula is C20H23N7OS. The molecule has 0 radical (unpaired) electrons. The highest BCUT2D eigenvalue weighted by atomic mass is 32.2. The summed E-state index contributed by atoms with van der Waals surface area (Å²) in [7, 11) is 0. The zero-order valence-corrected chi connectivity index (χ0v) is 17.4. The average Bonchev–Trinajstić information content (AvgIpc) is 3.03. The van der Waals surface area contributed by atoms with E-state index in [-0.39, 0.29) is 5.56 Å². The van der Waals surface area contributed by atoms with Gasteiger partial charge in [0, 0.05) is 42.9 Å². The third kappa shape index (κ3) is 3.55. The van der Waals surface area contributed by atoms with Gasteiger partial charge in [0.05, 0.1) is 17.9 Å². The molecule has 5 rings (SSSR count). The maximum absolute atomic E-state index is 12.3. The Kier molecular flexibility index (Phi) is 4.61. The molecule has 0 spiro atoms. The number of fused-ring (bicyclic) bond motifs is 1. The quantitative estimate of drug-likeness (QED) is 0.649. The number of aryl methyl sites for hydroxylation is 3. The normalized spacial score (nSPS) is 16.6. The SMILES string of the molecule is Cc1cc(C)n(-c2ccc(=O)n(CC3CN(c4cc5c(nn4)CCSC5)C3)n2)n1. The lowest BCUT2D eigenvalue weighted by Crippen LogP contribution is -2.50. The van der Waals surface area contributed by atoms with Crippen molar-refractivity contribution in [3.05, 3.63) is 57.3 Å². The molecule has 0 aliphatic carbocycles. The molecule has 3 aromatic rings. The van der Waals surface area contributed by atoms with Crippen LogP contribution in [0.1, 0.15) is 22.6 Å². The van der Waals surface area contributed by atoms with Crippen molar-refractivity contribution in [2.24, 2.45) is 5.92 Å². The van der Waals surface area contributed by atoms with Crippen molar-refractivity contribution in [2.75, 3.05) is 23.7 Å². The molecule has 1 saturated heterocycles. The monoisotopic (exact) mass is 409 g/mol. The van der Waals surface area contributed by atoms with Crippen LogP contribution in [0.4, 0.5) is 5.82 Å². The van der Waals surface area contributed by atoms with Gasteiger partial charge in [-0.25, -0.2) is 9.36 Å². The molecule has 0 saturated carbocycles. The summed E-state index contributed by atoms with van der Waals surface area (Å²) >= 11 is 1.95. The van der Waals surface area contributed by atoms with E-state index >= 15 is 0 Å². The van der Waals surface area contributed by atoms with Crippen molar-refractivity contribution in [2.45, 2.75) is 32.6 Å². The zero-order chi connectivity index (χ0) is 20.0. The fourth-order valence-electron chi connectivity index (χ4n) is 3.94. The van der Waals surface area contributed by atoms with Gasteiger partial charge in [-0.2, -0.15) is 22.0 Å². The number of rotatable bonds is 4. The smallest absolute Gasteiger partial charge is 0.266 e. The van der Waals surface area contributed by atoms with Crippen LogP contribution in [0.15, 0.2) is 29.1 Å². The molecule has 2 aliphatic heterocycles. The van der Waals surface area contributed by atoms with Gasteiger partial charge >= 0.3 is 0 Å². The maximum atomic E-state index is 12.3. The molecule has 0 aromatic carbocycles.